The highest BCUT2D eigenvalue weighted by molar-refractivity contribution is 7.98. The Morgan fingerprint density at radius 2 is 2.00 bits per heavy atom. The number of nitrogens with zero attached hydrogens (tertiary/aromatic N) is 1. The van der Waals surface area contributed by atoms with Gasteiger partial charge in [-0.1, -0.05) is 30.3 Å². The van der Waals surface area contributed by atoms with E-state index in [1.807, 2.05) is 18.2 Å². The van der Waals surface area contributed by atoms with Gasteiger partial charge in [-0.15, -0.1) is 11.8 Å². The quantitative estimate of drug-likeness (QED) is 0.840. The van der Waals surface area contributed by atoms with Gasteiger partial charge in [0, 0.05) is 17.5 Å². The first-order valence-electron chi connectivity index (χ1n) is 5.18. The van der Waals surface area contributed by atoms with Gasteiger partial charge in [-0.25, -0.2) is 4.98 Å². The fourth-order valence-corrected chi connectivity index (χ4v) is 2.23. The van der Waals surface area contributed by atoms with Crippen molar-refractivity contribution in [3.05, 3.63) is 59.8 Å². The lowest BCUT2D eigenvalue weighted by Crippen LogP contribution is -2.10. The van der Waals surface area contributed by atoms with Crippen LogP contribution < -0.4 is 5.73 Å². The molecule has 4 heteroatoms. The predicted octanol–water partition coefficient (Wildman–Crippen LogP) is 2.47. The van der Waals surface area contributed by atoms with E-state index in [1.54, 1.807) is 30.1 Å². The van der Waals surface area contributed by atoms with Crippen molar-refractivity contribution in [3.8, 4) is 0 Å². The predicted molar refractivity (Wildman–Crippen MR) is 68.8 cm³/mol. The molecule has 0 saturated carbocycles. The number of carbonyl (C=O) groups excluding carboxylic acids is 1. The number of rotatable bonds is 4. The van der Waals surface area contributed by atoms with Crippen molar-refractivity contribution < 1.29 is 4.79 Å². The van der Waals surface area contributed by atoms with Crippen molar-refractivity contribution in [1.82, 2.24) is 4.98 Å². The summed E-state index contributed by atoms with van der Waals surface area (Å²) >= 11 is 1.59. The summed E-state index contributed by atoms with van der Waals surface area (Å²) in [5.74, 6) is 0.407. The van der Waals surface area contributed by atoms with Gasteiger partial charge in [-0.05, 0) is 17.7 Å². The number of nitrogens with two attached hydrogens (primary N) is 1. The molecule has 0 bridgehead atoms. The first-order chi connectivity index (χ1) is 8.25. The van der Waals surface area contributed by atoms with Gasteiger partial charge in [0.05, 0.1) is 5.03 Å². The lowest BCUT2D eigenvalue weighted by atomic mass is 10.2. The molecule has 1 aromatic heterocycles. The van der Waals surface area contributed by atoms with Crippen molar-refractivity contribution in [2.45, 2.75) is 10.8 Å². The summed E-state index contributed by atoms with van der Waals surface area (Å²) in [6, 6.07) is 13.5. The molecule has 0 saturated heterocycles. The lowest BCUT2D eigenvalue weighted by Gasteiger charge is -2.02. The number of thioether (sulfide) groups is 1. The van der Waals surface area contributed by atoms with Crippen LogP contribution in [0.2, 0.25) is 0 Å². The van der Waals surface area contributed by atoms with Crippen LogP contribution in [0.25, 0.3) is 0 Å². The first kappa shape index (κ1) is 11.7. The van der Waals surface area contributed by atoms with E-state index >= 15 is 0 Å². The number of hydrogen-bond donors (Lipinski definition) is 1. The van der Waals surface area contributed by atoms with Gasteiger partial charge >= 0.3 is 0 Å². The van der Waals surface area contributed by atoms with E-state index in [1.165, 1.54) is 5.56 Å². The van der Waals surface area contributed by atoms with Gasteiger partial charge < -0.3 is 5.73 Å². The molecule has 2 N–H and O–H groups in total. The third-order valence-electron chi connectivity index (χ3n) is 2.25. The molecule has 0 aliphatic rings. The van der Waals surface area contributed by atoms with Crippen molar-refractivity contribution >= 4 is 17.7 Å². The van der Waals surface area contributed by atoms with Crippen molar-refractivity contribution in [2.24, 2.45) is 5.73 Å². The molecule has 0 fully saturated rings. The summed E-state index contributed by atoms with van der Waals surface area (Å²) in [5, 5.41) is 0.810. The van der Waals surface area contributed by atoms with Gasteiger partial charge in [0.25, 0.3) is 0 Å². The zero-order valence-corrected chi connectivity index (χ0v) is 9.98. The highest BCUT2D eigenvalue weighted by Gasteiger charge is 2.03. The van der Waals surface area contributed by atoms with Crippen molar-refractivity contribution in [2.75, 3.05) is 0 Å². The smallest absolute Gasteiger partial charge is 0.248 e. The molecule has 0 aliphatic heterocycles. The van der Waals surface area contributed by atoms with Crippen LogP contribution in [0, 0.1) is 0 Å². The highest BCUT2D eigenvalue weighted by Crippen LogP contribution is 2.21. The molecule has 0 radical (unpaired) electrons. The number of primary amides is 1. The second-order valence-electron chi connectivity index (χ2n) is 3.52. The zero-order valence-electron chi connectivity index (χ0n) is 9.17. The minimum Gasteiger partial charge on any atom is -0.366 e. The summed E-state index contributed by atoms with van der Waals surface area (Å²) in [7, 11) is 0. The molecule has 1 heterocycles. The maximum atomic E-state index is 11.0. The molecule has 1 amide bonds. The van der Waals surface area contributed by atoms with Gasteiger partial charge in [-0.3, -0.25) is 4.79 Å². The van der Waals surface area contributed by atoms with Crippen molar-refractivity contribution in [1.29, 1.82) is 0 Å². The summed E-state index contributed by atoms with van der Waals surface area (Å²) in [6.07, 6.45) is 1.60. The van der Waals surface area contributed by atoms with Crippen molar-refractivity contribution in [3.63, 3.8) is 0 Å². The van der Waals surface area contributed by atoms with Crippen LogP contribution in [-0.4, -0.2) is 10.9 Å². The van der Waals surface area contributed by atoms with E-state index in [-0.39, 0.29) is 0 Å². The highest BCUT2D eigenvalue weighted by atomic mass is 32.2. The fraction of sp³-hybridized carbons (Fsp3) is 0.0769. The fourth-order valence-electron chi connectivity index (χ4n) is 1.37. The molecule has 86 valence electrons. The second kappa shape index (κ2) is 5.50. The van der Waals surface area contributed by atoms with E-state index in [0.29, 0.717) is 5.56 Å². The van der Waals surface area contributed by atoms with Crippen LogP contribution >= 0.6 is 11.8 Å². The van der Waals surface area contributed by atoms with E-state index in [9.17, 15) is 4.79 Å². The third kappa shape index (κ3) is 3.32. The molecular weight excluding hydrogens is 232 g/mol. The molecule has 0 aliphatic carbocycles. The monoisotopic (exact) mass is 244 g/mol. The topological polar surface area (TPSA) is 56.0 Å². The second-order valence-corrected chi connectivity index (χ2v) is 4.52. The van der Waals surface area contributed by atoms with Gasteiger partial charge in [0.2, 0.25) is 5.91 Å². The molecule has 2 rings (SSSR count). The molecular formula is C13H12N2OS. The molecule has 17 heavy (non-hydrogen) atoms. The van der Waals surface area contributed by atoms with E-state index in [2.05, 4.69) is 17.1 Å². The number of hydrogen-bond acceptors (Lipinski definition) is 3. The zero-order chi connectivity index (χ0) is 12.1. The van der Waals surface area contributed by atoms with Gasteiger partial charge in [0.1, 0.15) is 0 Å². The van der Waals surface area contributed by atoms with Crippen LogP contribution in [0.5, 0.6) is 0 Å². The minimum atomic E-state index is -0.422. The molecule has 3 nitrogen and oxygen atoms in total. The number of carbonyl (C=O) groups is 1. The van der Waals surface area contributed by atoms with E-state index in [4.69, 9.17) is 5.73 Å². The van der Waals surface area contributed by atoms with Gasteiger partial charge in [0.15, 0.2) is 0 Å². The van der Waals surface area contributed by atoms with Crippen LogP contribution in [0.15, 0.2) is 53.7 Å². The van der Waals surface area contributed by atoms with Crippen LogP contribution in [0.4, 0.5) is 0 Å². The maximum absolute atomic E-state index is 11.0. The maximum Gasteiger partial charge on any atom is 0.248 e. The summed E-state index contributed by atoms with van der Waals surface area (Å²) in [4.78, 5) is 15.2. The molecule has 2 aromatic rings. The minimum absolute atomic E-state index is 0.422. The summed E-state index contributed by atoms with van der Waals surface area (Å²) in [6.45, 7) is 0. The molecule has 0 spiro atoms. The van der Waals surface area contributed by atoms with Gasteiger partial charge in [-0.2, -0.15) is 0 Å². The van der Waals surface area contributed by atoms with Crippen LogP contribution in [0.3, 0.4) is 0 Å². The first-order valence-corrected chi connectivity index (χ1v) is 6.17. The Balaban J connectivity index is 2.04. The number of benzene rings is 1. The average Bonchev–Trinajstić information content (AvgIpc) is 2.38. The Kier molecular flexibility index (Phi) is 3.77. The molecule has 1 aromatic carbocycles. The number of pyridine rings is 1. The average molecular weight is 244 g/mol. The standard InChI is InChI=1S/C13H12N2OS/c14-13(16)11-6-7-15-12(8-11)17-9-10-4-2-1-3-5-10/h1-8H,9H2,(H2,14,16). The SMILES string of the molecule is NC(=O)c1ccnc(SCc2ccccc2)c1. The Morgan fingerprint density at radius 3 is 2.71 bits per heavy atom. The van der Waals surface area contributed by atoms with E-state index in [0.717, 1.165) is 10.8 Å². The largest absolute Gasteiger partial charge is 0.366 e. The number of amides is 1. The normalized spacial score (nSPS) is 10.1. The lowest BCUT2D eigenvalue weighted by molar-refractivity contribution is 0.1000. The Morgan fingerprint density at radius 1 is 1.24 bits per heavy atom. The Bertz CT molecular complexity index is 514. The summed E-state index contributed by atoms with van der Waals surface area (Å²) in [5.41, 5.74) is 6.94. The third-order valence-corrected chi connectivity index (χ3v) is 3.25. The molecule has 0 atom stereocenters. The Labute approximate surface area is 104 Å². The van der Waals surface area contributed by atoms with E-state index < -0.39 is 5.91 Å². The van der Waals surface area contributed by atoms with Crippen LogP contribution in [0.1, 0.15) is 15.9 Å². The molecule has 0 unspecified atom stereocenters. The Hall–Kier alpha value is -1.81. The van der Waals surface area contributed by atoms with Crippen LogP contribution in [-0.2, 0) is 5.75 Å². The summed E-state index contributed by atoms with van der Waals surface area (Å²) < 4.78 is 0. The number of aromatic nitrogens is 1.